The van der Waals surface area contributed by atoms with Crippen LogP contribution in [0.3, 0.4) is 0 Å². The van der Waals surface area contributed by atoms with Crippen molar-refractivity contribution in [1.29, 1.82) is 0 Å². The van der Waals surface area contributed by atoms with Gasteiger partial charge in [-0.05, 0) is 13.0 Å². The van der Waals surface area contributed by atoms with Crippen molar-refractivity contribution in [3.05, 3.63) is 35.0 Å². The highest BCUT2D eigenvalue weighted by atomic mass is 16.5. The van der Waals surface area contributed by atoms with Crippen LogP contribution in [0.2, 0.25) is 0 Å². The molecule has 3 aromatic heterocycles. The van der Waals surface area contributed by atoms with Crippen molar-refractivity contribution >= 4 is 17.1 Å². The molecule has 0 saturated carbocycles. The summed E-state index contributed by atoms with van der Waals surface area (Å²) >= 11 is 0. The number of ether oxygens (including phenoxy) is 1. The summed E-state index contributed by atoms with van der Waals surface area (Å²) in [7, 11) is 0. The molecule has 0 bridgehead atoms. The number of nitrogens with zero attached hydrogens (tertiary/aromatic N) is 4. The zero-order valence-corrected chi connectivity index (χ0v) is 10.7. The Bertz CT molecular complexity index is 805. The SMILES string of the molecule is CCOc1ccc(-n2c(N)nc3[nH]cnc3c2=O)cn1. The third kappa shape index (κ3) is 1.87. The number of anilines is 1. The lowest BCUT2D eigenvalue weighted by Crippen LogP contribution is -2.23. The van der Waals surface area contributed by atoms with Crippen molar-refractivity contribution in [2.24, 2.45) is 0 Å². The smallest absolute Gasteiger partial charge is 0.287 e. The first-order valence-electron chi connectivity index (χ1n) is 6.01. The summed E-state index contributed by atoms with van der Waals surface area (Å²) in [6.45, 7) is 2.39. The van der Waals surface area contributed by atoms with Crippen LogP contribution in [0.5, 0.6) is 5.88 Å². The summed E-state index contributed by atoms with van der Waals surface area (Å²) in [5.74, 6) is 0.550. The minimum atomic E-state index is -0.347. The lowest BCUT2D eigenvalue weighted by molar-refractivity contribution is 0.327. The van der Waals surface area contributed by atoms with Crippen LogP contribution >= 0.6 is 0 Å². The Hall–Kier alpha value is -2.90. The molecule has 20 heavy (non-hydrogen) atoms. The van der Waals surface area contributed by atoms with Crippen molar-refractivity contribution in [2.75, 3.05) is 12.3 Å². The first kappa shape index (κ1) is 12.2. The van der Waals surface area contributed by atoms with E-state index >= 15 is 0 Å². The number of hydrogen-bond donors (Lipinski definition) is 2. The lowest BCUT2D eigenvalue weighted by Gasteiger charge is -2.08. The van der Waals surface area contributed by atoms with Crippen LogP contribution in [-0.2, 0) is 0 Å². The zero-order valence-electron chi connectivity index (χ0n) is 10.7. The van der Waals surface area contributed by atoms with E-state index in [1.807, 2.05) is 6.92 Å². The molecular weight excluding hydrogens is 260 g/mol. The van der Waals surface area contributed by atoms with Gasteiger partial charge in [-0.2, -0.15) is 4.98 Å². The average Bonchev–Trinajstić information content (AvgIpc) is 2.89. The second-order valence-electron chi connectivity index (χ2n) is 4.00. The van der Waals surface area contributed by atoms with E-state index in [0.29, 0.717) is 23.8 Å². The second kappa shape index (κ2) is 4.65. The number of nitrogen functional groups attached to an aromatic ring is 1. The molecule has 3 rings (SSSR count). The van der Waals surface area contributed by atoms with E-state index in [2.05, 4.69) is 19.9 Å². The number of hydrogen-bond acceptors (Lipinski definition) is 6. The Labute approximate surface area is 113 Å². The first-order chi connectivity index (χ1) is 9.70. The molecule has 3 N–H and O–H groups in total. The van der Waals surface area contributed by atoms with Crippen molar-refractivity contribution < 1.29 is 4.74 Å². The predicted octanol–water partition coefficient (Wildman–Crippen LogP) is 0.485. The normalized spacial score (nSPS) is 10.8. The van der Waals surface area contributed by atoms with Gasteiger partial charge in [0, 0.05) is 6.07 Å². The number of nitrogens with one attached hydrogen (secondary N) is 1. The fourth-order valence-electron chi connectivity index (χ4n) is 1.89. The summed E-state index contributed by atoms with van der Waals surface area (Å²) in [4.78, 5) is 27.2. The first-order valence-corrected chi connectivity index (χ1v) is 6.01. The summed E-state index contributed by atoms with van der Waals surface area (Å²) in [5.41, 5.74) is 6.57. The molecule has 0 aliphatic rings. The predicted molar refractivity (Wildman–Crippen MR) is 72.9 cm³/mol. The van der Waals surface area contributed by atoms with Crippen LogP contribution in [0.25, 0.3) is 16.9 Å². The minimum Gasteiger partial charge on any atom is -0.478 e. The van der Waals surface area contributed by atoms with E-state index < -0.39 is 0 Å². The Morgan fingerprint density at radius 2 is 2.25 bits per heavy atom. The molecule has 0 saturated heterocycles. The molecule has 3 heterocycles. The molecule has 3 aromatic rings. The molecule has 0 aliphatic heterocycles. The molecule has 0 fully saturated rings. The molecule has 102 valence electrons. The number of aromatic nitrogens is 5. The van der Waals surface area contributed by atoms with Gasteiger partial charge in [-0.1, -0.05) is 0 Å². The van der Waals surface area contributed by atoms with Gasteiger partial charge in [-0.15, -0.1) is 0 Å². The van der Waals surface area contributed by atoms with E-state index in [0.717, 1.165) is 0 Å². The van der Waals surface area contributed by atoms with E-state index in [9.17, 15) is 4.79 Å². The quantitative estimate of drug-likeness (QED) is 0.717. The zero-order chi connectivity index (χ0) is 14.1. The molecule has 0 spiro atoms. The van der Waals surface area contributed by atoms with Crippen LogP contribution in [0.1, 0.15) is 6.92 Å². The van der Waals surface area contributed by atoms with Crippen LogP contribution in [0.15, 0.2) is 29.5 Å². The molecule has 0 aliphatic carbocycles. The van der Waals surface area contributed by atoms with Gasteiger partial charge < -0.3 is 15.5 Å². The second-order valence-corrected chi connectivity index (χ2v) is 4.00. The maximum Gasteiger partial charge on any atom is 0.287 e. The van der Waals surface area contributed by atoms with Gasteiger partial charge >= 0.3 is 0 Å². The monoisotopic (exact) mass is 272 g/mol. The van der Waals surface area contributed by atoms with Gasteiger partial charge in [-0.3, -0.25) is 4.79 Å². The number of H-pyrrole nitrogens is 1. The van der Waals surface area contributed by atoms with Crippen molar-refractivity contribution in [3.8, 4) is 11.6 Å². The third-order valence-electron chi connectivity index (χ3n) is 2.75. The van der Waals surface area contributed by atoms with Gasteiger partial charge in [-0.25, -0.2) is 14.5 Å². The van der Waals surface area contributed by atoms with Crippen LogP contribution in [0, 0.1) is 0 Å². The van der Waals surface area contributed by atoms with E-state index in [-0.39, 0.29) is 17.0 Å². The minimum absolute atomic E-state index is 0.0673. The molecular formula is C12H12N6O2. The summed E-state index contributed by atoms with van der Waals surface area (Å²) in [6.07, 6.45) is 2.90. The van der Waals surface area contributed by atoms with Crippen LogP contribution in [-0.4, -0.2) is 31.1 Å². The maximum absolute atomic E-state index is 12.3. The Morgan fingerprint density at radius 1 is 1.40 bits per heavy atom. The topological polar surface area (TPSA) is 112 Å². The number of pyridine rings is 1. The van der Waals surface area contributed by atoms with Crippen molar-refractivity contribution in [3.63, 3.8) is 0 Å². The Balaban J connectivity index is 2.16. The van der Waals surface area contributed by atoms with Crippen molar-refractivity contribution in [2.45, 2.75) is 6.92 Å². The Morgan fingerprint density at radius 3 is 2.95 bits per heavy atom. The Kier molecular flexibility index (Phi) is 2.82. The molecule has 0 aromatic carbocycles. The van der Waals surface area contributed by atoms with Gasteiger partial charge in [0.2, 0.25) is 11.8 Å². The van der Waals surface area contributed by atoms with Crippen LogP contribution in [0.4, 0.5) is 5.95 Å². The van der Waals surface area contributed by atoms with E-state index in [1.54, 1.807) is 12.1 Å². The highest BCUT2D eigenvalue weighted by molar-refractivity contribution is 5.70. The van der Waals surface area contributed by atoms with Crippen LogP contribution < -0.4 is 16.0 Å². The van der Waals surface area contributed by atoms with Gasteiger partial charge in [0.05, 0.1) is 24.8 Å². The number of imidazole rings is 1. The highest BCUT2D eigenvalue weighted by Gasteiger charge is 2.12. The third-order valence-corrected chi connectivity index (χ3v) is 2.75. The summed E-state index contributed by atoms with van der Waals surface area (Å²) in [5, 5.41) is 0. The van der Waals surface area contributed by atoms with Crippen molar-refractivity contribution in [1.82, 2.24) is 24.5 Å². The number of rotatable bonds is 3. The maximum atomic E-state index is 12.3. The number of aromatic amines is 1. The van der Waals surface area contributed by atoms with Gasteiger partial charge in [0.1, 0.15) is 0 Å². The fraction of sp³-hybridized carbons (Fsp3) is 0.167. The molecule has 8 nitrogen and oxygen atoms in total. The molecule has 0 amide bonds. The number of nitrogens with two attached hydrogens (primary N) is 1. The largest absolute Gasteiger partial charge is 0.478 e. The highest BCUT2D eigenvalue weighted by Crippen LogP contribution is 2.14. The average molecular weight is 272 g/mol. The van der Waals surface area contributed by atoms with E-state index in [1.165, 1.54) is 17.1 Å². The number of fused-ring (bicyclic) bond motifs is 1. The van der Waals surface area contributed by atoms with Gasteiger partial charge in [0.15, 0.2) is 11.2 Å². The lowest BCUT2D eigenvalue weighted by atomic mass is 10.4. The fourth-order valence-corrected chi connectivity index (χ4v) is 1.89. The standard InChI is InChI=1S/C12H12N6O2/c1-2-20-8-4-3-7(5-14-8)18-11(19)9-10(16-6-15-9)17-12(18)13/h3-6H,2H2,1H3,(H2,13,17)(H,15,16). The molecule has 8 heteroatoms. The molecule has 0 radical (unpaired) electrons. The molecule has 0 unspecified atom stereocenters. The molecule has 0 atom stereocenters. The van der Waals surface area contributed by atoms with E-state index in [4.69, 9.17) is 10.5 Å². The summed E-state index contributed by atoms with van der Waals surface area (Å²) < 4.78 is 6.51. The summed E-state index contributed by atoms with van der Waals surface area (Å²) in [6, 6.07) is 3.36. The van der Waals surface area contributed by atoms with Gasteiger partial charge in [0.25, 0.3) is 5.56 Å².